The monoisotopic (exact) mass is 839 g/mol. The van der Waals surface area contributed by atoms with Gasteiger partial charge in [0.15, 0.2) is 6.10 Å². The van der Waals surface area contributed by atoms with Gasteiger partial charge in [0.25, 0.3) is 0 Å². The van der Waals surface area contributed by atoms with Gasteiger partial charge in [-0.3, -0.25) is 14.4 Å². The van der Waals surface area contributed by atoms with Gasteiger partial charge in [0.05, 0.1) is 0 Å². The van der Waals surface area contributed by atoms with Crippen molar-refractivity contribution in [1.82, 2.24) is 0 Å². The topological polar surface area (TPSA) is 78.9 Å². The molecule has 0 saturated carbocycles. The van der Waals surface area contributed by atoms with Crippen LogP contribution in [0.4, 0.5) is 0 Å². The summed E-state index contributed by atoms with van der Waals surface area (Å²) < 4.78 is 16.6. The summed E-state index contributed by atoms with van der Waals surface area (Å²) in [7, 11) is 0. The molecule has 6 nitrogen and oxygen atoms in total. The number of unbranched alkanes of at least 4 members (excludes halogenated alkanes) is 14. The van der Waals surface area contributed by atoms with Crippen LogP contribution in [0.1, 0.15) is 162 Å². The van der Waals surface area contributed by atoms with Crippen molar-refractivity contribution in [2.75, 3.05) is 13.2 Å². The molecule has 0 spiro atoms. The molecule has 0 heterocycles. The van der Waals surface area contributed by atoms with Crippen molar-refractivity contribution in [2.45, 2.75) is 168 Å². The number of carbonyl (C=O) groups is 3. The van der Waals surface area contributed by atoms with Crippen molar-refractivity contribution in [3.8, 4) is 0 Å². The zero-order valence-corrected chi connectivity index (χ0v) is 38.4. The molecule has 0 rings (SSSR count). The molecule has 0 aromatic heterocycles. The highest BCUT2D eigenvalue weighted by atomic mass is 16.6. The number of esters is 3. The lowest BCUT2D eigenvalue weighted by Gasteiger charge is -2.18. The van der Waals surface area contributed by atoms with Crippen LogP contribution >= 0.6 is 0 Å². The maximum absolute atomic E-state index is 12.7. The highest BCUT2D eigenvalue weighted by Gasteiger charge is 2.19. The Morgan fingerprint density at radius 1 is 0.344 bits per heavy atom. The Morgan fingerprint density at radius 2 is 0.639 bits per heavy atom. The van der Waals surface area contributed by atoms with E-state index in [0.29, 0.717) is 25.7 Å². The summed E-state index contributed by atoms with van der Waals surface area (Å²) in [4.78, 5) is 37.8. The Morgan fingerprint density at radius 3 is 1.00 bits per heavy atom. The maximum atomic E-state index is 12.7. The molecule has 0 radical (unpaired) electrons. The van der Waals surface area contributed by atoms with Crippen LogP contribution in [0, 0.1) is 0 Å². The average molecular weight is 839 g/mol. The minimum Gasteiger partial charge on any atom is -0.462 e. The summed E-state index contributed by atoms with van der Waals surface area (Å²) in [6.07, 6.45) is 68.2. The minimum atomic E-state index is -0.823. The van der Waals surface area contributed by atoms with Gasteiger partial charge in [0.1, 0.15) is 13.2 Å². The second kappa shape index (κ2) is 48.0. The van der Waals surface area contributed by atoms with Crippen molar-refractivity contribution < 1.29 is 28.6 Å². The minimum absolute atomic E-state index is 0.117. The van der Waals surface area contributed by atoms with Gasteiger partial charge in [-0.2, -0.15) is 0 Å². The normalized spacial score (nSPS) is 13.4. The van der Waals surface area contributed by atoms with Crippen LogP contribution in [0.3, 0.4) is 0 Å². The SMILES string of the molecule is CC\C=C/C=C\C=C/C=C\C=C\C=C/CCCCCC(=O)OCC(COC(=O)CCCCCCCCCCC)OC(=O)CCCCC\C=C/C=C/C=C\C=C/C=C\C=C/CC. The van der Waals surface area contributed by atoms with E-state index in [2.05, 4.69) is 45.1 Å². The molecule has 6 heteroatoms. The molecule has 0 aliphatic carbocycles. The molecule has 1 atom stereocenters. The summed E-state index contributed by atoms with van der Waals surface area (Å²) in [6.45, 7) is 6.21. The first-order valence-electron chi connectivity index (χ1n) is 23.5. The van der Waals surface area contributed by atoms with E-state index in [1.165, 1.54) is 38.5 Å². The zero-order valence-electron chi connectivity index (χ0n) is 38.4. The Kier molecular flexibility index (Phi) is 44.3. The molecule has 0 aromatic rings. The third kappa shape index (κ3) is 46.2. The lowest BCUT2D eigenvalue weighted by Crippen LogP contribution is -2.30. The highest BCUT2D eigenvalue weighted by molar-refractivity contribution is 5.71. The second-order valence-corrected chi connectivity index (χ2v) is 14.9. The molecule has 0 aliphatic heterocycles. The summed E-state index contributed by atoms with van der Waals surface area (Å²) in [5.74, 6) is -1.03. The van der Waals surface area contributed by atoms with E-state index in [0.717, 1.165) is 70.6 Å². The quantitative estimate of drug-likeness (QED) is 0.0265. The van der Waals surface area contributed by atoms with Gasteiger partial charge in [0, 0.05) is 19.3 Å². The third-order valence-electron chi connectivity index (χ3n) is 9.16. The first-order chi connectivity index (χ1) is 30.0. The molecular weight excluding hydrogens is 757 g/mol. The van der Waals surface area contributed by atoms with Crippen molar-refractivity contribution in [3.63, 3.8) is 0 Å². The lowest BCUT2D eigenvalue weighted by molar-refractivity contribution is -0.167. The van der Waals surface area contributed by atoms with Crippen LogP contribution in [0.15, 0.2) is 146 Å². The number of allylic oxidation sites excluding steroid dienone is 24. The number of carbonyl (C=O) groups excluding carboxylic acids is 3. The van der Waals surface area contributed by atoms with E-state index < -0.39 is 6.10 Å². The Balaban J connectivity index is 4.59. The van der Waals surface area contributed by atoms with Crippen molar-refractivity contribution in [1.29, 1.82) is 0 Å². The number of hydrogen-bond acceptors (Lipinski definition) is 6. The second-order valence-electron chi connectivity index (χ2n) is 14.9. The molecule has 0 fully saturated rings. The van der Waals surface area contributed by atoms with E-state index in [-0.39, 0.29) is 37.5 Å². The fourth-order valence-corrected chi connectivity index (χ4v) is 5.68. The first-order valence-corrected chi connectivity index (χ1v) is 23.5. The van der Waals surface area contributed by atoms with E-state index >= 15 is 0 Å². The Hall–Kier alpha value is -4.71. The van der Waals surface area contributed by atoms with Crippen LogP contribution in [-0.2, 0) is 28.6 Å². The van der Waals surface area contributed by atoms with Crippen LogP contribution in [0.25, 0.3) is 0 Å². The standard InChI is InChI=1S/C55H82O6/c1-4-7-10-13-16-19-21-23-25-27-29-31-33-36-39-42-45-48-54(57)60-51-52(50-59-53(56)47-44-41-38-35-18-15-12-9-6-3)61-55(58)49-46-43-40-37-34-32-30-28-26-24-22-20-17-14-11-8-5-2/h7-8,10-11,13-14,16-17,19-34,52H,4-6,9,12,15,18,35-51H2,1-3H3/b10-7-,11-8-,16-13-,17-14-,21-19-,22-20-,25-23-,26-24-,29-27+,30-28+,33-31-,34-32-. The van der Waals surface area contributed by atoms with Gasteiger partial charge in [0.2, 0.25) is 0 Å². The Bertz CT molecular complexity index is 1430. The molecule has 0 bridgehead atoms. The zero-order chi connectivity index (χ0) is 44.4. The predicted octanol–water partition coefficient (Wildman–Crippen LogP) is 15.3. The van der Waals surface area contributed by atoms with E-state index in [4.69, 9.17) is 14.2 Å². The maximum Gasteiger partial charge on any atom is 0.306 e. The van der Waals surface area contributed by atoms with Gasteiger partial charge in [-0.1, -0.05) is 231 Å². The molecular formula is C55H82O6. The largest absolute Gasteiger partial charge is 0.462 e. The summed E-state index contributed by atoms with van der Waals surface area (Å²) >= 11 is 0. The predicted molar refractivity (Wildman–Crippen MR) is 260 cm³/mol. The van der Waals surface area contributed by atoms with Crippen LogP contribution in [0.2, 0.25) is 0 Å². The average Bonchev–Trinajstić information content (AvgIpc) is 3.26. The smallest absolute Gasteiger partial charge is 0.306 e. The molecule has 338 valence electrons. The van der Waals surface area contributed by atoms with Gasteiger partial charge < -0.3 is 14.2 Å². The van der Waals surface area contributed by atoms with E-state index in [1.54, 1.807) is 0 Å². The highest BCUT2D eigenvalue weighted by Crippen LogP contribution is 2.12. The molecule has 0 aliphatic rings. The summed E-state index contributed by atoms with van der Waals surface area (Å²) in [5.41, 5.74) is 0. The number of rotatable bonds is 39. The molecule has 61 heavy (non-hydrogen) atoms. The molecule has 0 aromatic carbocycles. The van der Waals surface area contributed by atoms with Crippen LogP contribution in [-0.4, -0.2) is 37.2 Å². The van der Waals surface area contributed by atoms with Crippen LogP contribution < -0.4 is 0 Å². The molecule has 0 N–H and O–H groups in total. The fraction of sp³-hybridized carbons (Fsp3) is 0.509. The van der Waals surface area contributed by atoms with Crippen LogP contribution in [0.5, 0.6) is 0 Å². The first kappa shape index (κ1) is 56.3. The summed E-state index contributed by atoms with van der Waals surface area (Å²) in [5, 5.41) is 0. The van der Waals surface area contributed by atoms with Gasteiger partial charge in [-0.15, -0.1) is 0 Å². The summed E-state index contributed by atoms with van der Waals surface area (Å²) in [6, 6.07) is 0. The molecule has 1 unspecified atom stereocenters. The van der Waals surface area contributed by atoms with Crippen molar-refractivity contribution >= 4 is 17.9 Å². The van der Waals surface area contributed by atoms with Gasteiger partial charge in [-0.25, -0.2) is 0 Å². The Labute approximate surface area is 372 Å². The van der Waals surface area contributed by atoms with Gasteiger partial charge in [-0.05, 0) is 57.8 Å². The number of hydrogen-bond donors (Lipinski definition) is 0. The van der Waals surface area contributed by atoms with Gasteiger partial charge >= 0.3 is 17.9 Å². The van der Waals surface area contributed by atoms with Crippen molar-refractivity contribution in [3.05, 3.63) is 146 Å². The molecule has 0 amide bonds. The van der Waals surface area contributed by atoms with Crippen molar-refractivity contribution in [2.24, 2.45) is 0 Å². The number of ether oxygens (including phenoxy) is 3. The third-order valence-corrected chi connectivity index (χ3v) is 9.16. The van der Waals surface area contributed by atoms with E-state index in [1.807, 2.05) is 122 Å². The fourth-order valence-electron chi connectivity index (χ4n) is 5.68. The lowest BCUT2D eigenvalue weighted by atomic mass is 10.1. The molecule has 0 saturated heterocycles. The van der Waals surface area contributed by atoms with E-state index in [9.17, 15) is 14.4 Å².